The highest BCUT2D eigenvalue weighted by Gasteiger charge is 2.30. The van der Waals surface area contributed by atoms with Crippen molar-refractivity contribution in [2.24, 2.45) is 5.92 Å². The number of methoxy groups -OCH3 is 1. The molecule has 0 spiro atoms. The molecule has 118 valence electrons. The van der Waals surface area contributed by atoms with E-state index < -0.39 is 10.0 Å². The number of sulfonamides is 1. The van der Waals surface area contributed by atoms with Crippen molar-refractivity contribution >= 4 is 16.0 Å². The molecule has 0 atom stereocenters. The number of hydrogen-bond donors (Lipinski definition) is 2. The lowest BCUT2D eigenvalue weighted by molar-refractivity contribution is -0.146. The minimum Gasteiger partial charge on any atom is -0.469 e. The van der Waals surface area contributed by atoms with Crippen LogP contribution in [0.3, 0.4) is 0 Å². The third-order valence-corrected chi connectivity index (χ3v) is 5.24. The Bertz CT molecular complexity index is 588. The first kappa shape index (κ1) is 16.0. The topological polar surface area (TPSA) is 101 Å². The summed E-state index contributed by atoms with van der Waals surface area (Å²) in [7, 11) is -2.20. The van der Waals surface area contributed by atoms with Gasteiger partial charge >= 0.3 is 5.97 Å². The minimum absolute atomic E-state index is 0.0921. The summed E-state index contributed by atoms with van der Waals surface area (Å²) in [5, 5.41) is 0.0921. The highest BCUT2D eigenvalue weighted by atomic mass is 32.2. The van der Waals surface area contributed by atoms with Crippen LogP contribution in [-0.4, -0.2) is 37.5 Å². The Morgan fingerprint density at radius 2 is 2.10 bits per heavy atom. The zero-order valence-electron chi connectivity index (χ0n) is 12.3. The van der Waals surface area contributed by atoms with Gasteiger partial charge in [-0.2, -0.15) is 0 Å². The van der Waals surface area contributed by atoms with E-state index in [1.807, 2.05) is 6.92 Å². The van der Waals surface area contributed by atoms with Crippen molar-refractivity contribution in [3.8, 4) is 0 Å². The van der Waals surface area contributed by atoms with Gasteiger partial charge in [-0.1, -0.05) is 6.92 Å². The molecule has 0 radical (unpaired) electrons. The molecule has 1 heterocycles. The van der Waals surface area contributed by atoms with E-state index >= 15 is 0 Å². The molecule has 2 rings (SSSR count). The second kappa shape index (κ2) is 6.57. The normalized spacial score (nSPS) is 23.0. The number of aromatic amines is 1. The highest BCUT2D eigenvalue weighted by Crippen LogP contribution is 2.26. The lowest BCUT2D eigenvalue weighted by Crippen LogP contribution is -2.39. The lowest BCUT2D eigenvalue weighted by Gasteiger charge is -2.27. The maximum absolute atomic E-state index is 12.2. The summed E-state index contributed by atoms with van der Waals surface area (Å²) in [6.07, 6.45) is 4.54. The van der Waals surface area contributed by atoms with Gasteiger partial charge in [0.25, 0.3) is 10.0 Å². The van der Waals surface area contributed by atoms with E-state index in [1.54, 1.807) is 0 Å². The minimum atomic E-state index is -3.58. The van der Waals surface area contributed by atoms with Crippen molar-refractivity contribution in [2.75, 3.05) is 7.11 Å². The molecule has 2 N–H and O–H groups in total. The molecule has 1 aromatic heterocycles. The van der Waals surface area contributed by atoms with Crippen molar-refractivity contribution in [3.63, 3.8) is 0 Å². The molecule has 7 nitrogen and oxygen atoms in total. The number of carbonyl (C=O) groups excluding carboxylic acids is 1. The summed E-state index contributed by atoms with van der Waals surface area (Å²) in [4.78, 5) is 18.2. The van der Waals surface area contributed by atoms with Crippen LogP contribution in [0.25, 0.3) is 0 Å². The average molecular weight is 315 g/mol. The van der Waals surface area contributed by atoms with Crippen molar-refractivity contribution in [1.29, 1.82) is 0 Å². The number of aromatic nitrogens is 2. The molecule has 0 saturated heterocycles. The summed E-state index contributed by atoms with van der Waals surface area (Å²) in [5.41, 5.74) is 0. The molecule has 0 amide bonds. The van der Waals surface area contributed by atoms with E-state index in [1.165, 1.54) is 13.3 Å². The summed E-state index contributed by atoms with van der Waals surface area (Å²) >= 11 is 0. The summed E-state index contributed by atoms with van der Waals surface area (Å²) in [6.45, 7) is 1.90. The fourth-order valence-corrected chi connectivity index (χ4v) is 3.80. The zero-order valence-corrected chi connectivity index (χ0v) is 13.1. The van der Waals surface area contributed by atoms with E-state index in [0.717, 1.165) is 0 Å². The molecule has 1 saturated carbocycles. The van der Waals surface area contributed by atoms with Crippen LogP contribution >= 0.6 is 0 Å². The Kier molecular flexibility index (Phi) is 5.00. The van der Waals surface area contributed by atoms with Gasteiger partial charge in [-0.25, -0.2) is 18.1 Å². The van der Waals surface area contributed by atoms with Gasteiger partial charge in [-0.05, 0) is 25.7 Å². The fourth-order valence-electron chi connectivity index (χ4n) is 2.56. The number of imidazole rings is 1. The molecule has 0 unspecified atom stereocenters. The molecule has 0 bridgehead atoms. The Balaban J connectivity index is 1.94. The number of H-pyrrole nitrogens is 1. The van der Waals surface area contributed by atoms with Crippen LogP contribution in [0.4, 0.5) is 0 Å². The van der Waals surface area contributed by atoms with Gasteiger partial charge in [-0.3, -0.25) is 4.79 Å². The summed E-state index contributed by atoms with van der Waals surface area (Å²) < 4.78 is 31.8. The molecule has 1 aromatic rings. The van der Waals surface area contributed by atoms with Gasteiger partial charge in [0.2, 0.25) is 0 Å². The number of hydrogen-bond acceptors (Lipinski definition) is 5. The summed E-state index contributed by atoms with van der Waals surface area (Å²) in [5.74, 6) is 0.317. The van der Waals surface area contributed by atoms with E-state index in [0.29, 0.717) is 37.9 Å². The second-order valence-electron chi connectivity index (χ2n) is 5.24. The van der Waals surface area contributed by atoms with Gasteiger partial charge < -0.3 is 9.72 Å². The molecule has 1 fully saturated rings. The standard InChI is InChI=1S/C13H21N3O4S/c1-3-11-14-8-12(15-11)21(18,19)16-10-6-4-9(5-7-10)13(17)20-2/h8-10,16H,3-7H2,1-2H3,(H,14,15). The molecular formula is C13H21N3O4S. The number of esters is 1. The van der Waals surface area contributed by atoms with Gasteiger partial charge in [0.1, 0.15) is 5.82 Å². The maximum Gasteiger partial charge on any atom is 0.308 e. The van der Waals surface area contributed by atoms with Crippen LogP contribution in [0.5, 0.6) is 0 Å². The molecule has 0 aromatic carbocycles. The van der Waals surface area contributed by atoms with Crippen molar-refractivity contribution in [1.82, 2.24) is 14.7 Å². The maximum atomic E-state index is 12.2. The third kappa shape index (κ3) is 3.82. The molecular weight excluding hydrogens is 294 g/mol. The first-order valence-electron chi connectivity index (χ1n) is 7.10. The fraction of sp³-hybridized carbons (Fsp3) is 0.692. The SMILES string of the molecule is CCc1ncc(S(=O)(=O)NC2CCC(C(=O)OC)CC2)[nH]1. The van der Waals surface area contributed by atoms with Crippen LogP contribution in [0.1, 0.15) is 38.4 Å². The molecule has 0 aliphatic heterocycles. The van der Waals surface area contributed by atoms with Crippen LogP contribution in [0, 0.1) is 5.92 Å². The number of aryl methyl sites for hydroxylation is 1. The Morgan fingerprint density at radius 1 is 1.43 bits per heavy atom. The molecule has 1 aliphatic carbocycles. The van der Waals surface area contributed by atoms with Crippen LogP contribution in [0.15, 0.2) is 11.2 Å². The Hall–Kier alpha value is -1.41. The van der Waals surface area contributed by atoms with E-state index in [-0.39, 0.29) is 23.0 Å². The lowest BCUT2D eigenvalue weighted by atomic mass is 9.86. The Labute approximate surface area is 124 Å². The molecule has 1 aliphatic rings. The second-order valence-corrected chi connectivity index (χ2v) is 6.92. The molecule has 8 heteroatoms. The van der Waals surface area contributed by atoms with Crippen molar-refractivity contribution in [2.45, 2.75) is 50.1 Å². The van der Waals surface area contributed by atoms with Crippen LogP contribution in [-0.2, 0) is 26.0 Å². The monoisotopic (exact) mass is 315 g/mol. The average Bonchev–Trinajstić information content (AvgIpc) is 2.96. The number of nitrogens with zero attached hydrogens (tertiary/aromatic N) is 1. The number of rotatable bonds is 5. The third-order valence-electron chi connectivity index (χ3n) is 3.81. The number of nitrogens with one attached hydrogen (secondary N) is 2. The van der Waals surface area contributed by atoms with Crippen molar-refractivity contribution < 1.29 is 17.9 Å². The van der Waals surface area contributed by atoms with Gasteiger partial charge in [0.15, 0.2) is 5.03 Å². The van der Waals surface area contributed by atoms with Crippen LogP contribution < -0.4 is 4.72 Å². The zero-order chi connectivity index (χ0) is 15.5. The van der Waals surface area contributed by atoms with Gasteiger partial charge in [0.05, 0.1) is 19.2 Å². The predicted molar refractivity (Wildman–Crippen MR) is 76.0 cm³/mol. The van der Waals surface area contributed by atoms with E-state index in [9.17, 15) is 13.2 Å². The highest BCUT2D eigenvalue weighted by molar-refractivity contribution is 7.89. The largest absolute Gasteiger partial charge is 0.469 e. The van der Waals surface area contributed by atoms with Gasteiger partial charge in [0, 0.05) is 12.5 Å². The quantitative estimate of drug-likeness (QED) is 0.789. The number of ether oxygens (including phenoxy) is 1. The number of carbonyl (C=O) groups is 1. The first-order valence-corrected chi connectivity index (χ1v) is 8.58. The van der Waals surface area contributed by atoms with Gasteiger partial charge in [-0.15, -0.1) is 0 Å². The van der Waals surface area contributed by atoms with E-state index in [2.05, 4.69) is 14.7 Å². The predicted octanol–water partition coefficient (Wildman–Crippen LogP) is 0.982. The van der Waals surface area contributed by atoms with E-state index in [4.69, 9.17) is 4.74 Å². The first-order chi connectivity index (χ1) is 9.96. The smallest absolute Gasteiger partial charge is 0.308 e. The van der Waals surface area contributed by atoms with Crippen molar-refractivity contribution in [3.05, 3.63) is 12.0 Å². The van der Waals surface area contributed by atoms with Crippen LogP contribution in [0.2, 0.25) is 0 Å². The molecule has 21 heavy (non-hydrogen) atoms. The summed E-state index contributed by atoms with van der Waals surface area (Å²) in [6, 6.07) is -0.149. The Morgan fingerprint density at radius 3 is 2.62 bits per heavy atom.